The van der Waals surface area contributed by atoms with E-state index in [1.54, 1.807) is 12.1 Å². The summed E-state index contributed by atoms with van der Waals surface area (Å²) in [6.45, 7) is 6.01. The van der Waals surface area contributed by atoms with Gasteiger partial charge in [-0.25, -0.2) is 18.4 Å². The summed E-state index contributed by atoms with van der Waals surface area (Å²) in [6, 6.07) is 13.0. The first-order chi connectivity index (χ1) is 13.9. The number of aromatic nitrogens is 2. The lowest BCUT2D eigenvalue weighted by Gasteiger charge is -2.11. The number of hydrogen-bond acceptors (Lipinski definition) is 4. The van der Waals surface area contributed by atoms with Crippen LogP contribution < -0.4 is 10.6 Å². The molecule has 0 aliphatic carbocycles. The van der Waals surface area contributed by atoms with Crippen LogP contribution in [0.1, 0.15) is 23.9 Å². The van der Waals surface area contributed by atoms with E-state index in [2.05, 4.69) is 38.0 Å². The molecule has 0 amide bonds. The topological polar surface area (TPSA) is 87.9 Å². The molecule has 0 aliphatic heterocycles. The molecule has 0 atom stereocenters. The van der Waals surface area contributed by atoms with Crippen LogP contribution in [0.4, 0.5) is 0 Å². The number of sulfone groups is 1. The van der Waals surface area contributed by atoms with Crippen molar-refractivity contribution in [1.82, 2.24) is 20.0 Å². The van der Waals surface area contributed by atoms with Crippen LogP contribution >= 0.6 is 24.0 Å². The van der Waals surface area contributed by atoms with Crippen LogP contribution in [0.15, 0.2) is 58.5 Å². The summed E-state index contributed by atoms with van der Waals surface area (Å²) in [7, 11) is -3.16. The number of hydrogen-bond donors (Lipinski definition) is 2. The second-order valence-corrected chi connectivity index (χ2v) is 8.93. The highest BCUT2D eigenvalue weighted by atomic mass is 127. The Morgan fingerprint density at radius 2 is 1.87 bits per heavy atom. The van der Waals surface area contributed by atoms with Gasteiger partial charge in [0.15, 0.2) is 15.8 Å². The number of benzene rings is 1. The van der Waals surface area contributed by atoms with Gasteiger partial charge in [0, 0.05) is 31.2 Å². The molecule has 2 heterocycles. The number of nitrogens with one attached hydrogen (secondary N) is 2. The van der Waals surface area contributed by atoms with Crippen LogP contribution in [0.5, 0.6) is 0 Å². The smallest absolute Gasteiger partial charge is 0.191 e. The number of aliphatic imine (C=N–C) groups is 1. The molecule has 0 spiro atoms. The van der Waals surface area contributed by atoms with Crippen molar-refractivity contribution in [2.75, 3.05) is 19.3 Å². The predicted octanol–water partition coefficient (Wildman–Crippen LogP) is 2.96. The van der Waals surface area contributed by atoms with Gasteiger partial charge in [-0.15, -0.1) is 24.0 Å². The summed E-state index contributed by atoms with van der Waals surface area (Å²) in [5.41, 5.74) is 4.03. The number of guanidine groups is 1. The lowest BCUT2D eigenvalue weighted by Crippen LogP contribution is -2.38. The molecule has 162 valence electrons. The van der Waals surface area contributed by atoms with Gasteiger partial charge < -0.3 is 15.0 Å². The number of aryl methyl sites for hydroxylation is 1. The molecule has 0 radical (unpaired) electrons. The molecule has 0 saturated carbocycles. The lowest BCUT2D eigenvalue weighted by atomic mass is 10.1. The molecule has 3 rings (SSSR count). The molecule has 7 nitrogen and oxygen atoms in total. The minimum absolute atomic E-state index is 0. The van der Waals surface area contributed by atoms with Crippen LogP contribution in [0.3, 0.4) is 0 Å². The van der Waals surface area contributed by atoms with Gasteiger partial charge in [-0.05, 0) is 50.1 Å². The van der Waals surface area contributed by atoms with Crippen molar-refractivity contribution in [3.8, 4) is 0 Å². The maximum atomic E-state index is 11.5. The van der Waals surface area contributed by atoms with Crippen LogP contribution in [0.2, 0.25) is 0 Å². The van der Waals surface area contributed by atoms with Gasteiger partial charge in [0.05, 0.1) is 17.1 Å². The molecule has 0 unspecified atom stereocenters. The molecule has 0 bridgehead atoms. The van der Waals surface area contributed by atoms with E-state index < -0.39 is 9.84 Å². The number of pyridine rings is 1. The summed E-state index contributed by atoms with van der Waals surface area (Å²) in [5.74, 6) is 0.731. The third-order valence-electron chi connectivity index (χ3n) is 4.55. The fraction of sp³-hybridized carbons (Fsp3) is 0.333. The Morgan fingerprint density at radius 3 is 2.50 bits per heavy atom. The highest BCUT2D eigenvalue weighted by Gasteiger charge is 2.07. The summed E-state index contributed by atoms with van der Waals surface area (Å²) < 4.78 is 25.1. The molecule has 0 saturated heterocycles. The van der Waals surface area contributed by atoms with Crippen molar-refractivity contribution in [3.63, 3.8) is 0 Å². The molecule has 3 aromatic rings. The average Bonchev–Trinajstić information content (AvgIpc) is 3.10. The van der Waals surface area contributed by atoms with E-state index in [0.717, 1.165) is 41.5 Å². The molecule has 0 aliphatic rings. The van der Waals surface area contributed by atoms with Crippen molar-refractivity contribution in [2.24, 2.45) is 4.99 Å². The summed E-state index contributed by atoms with van der Waals surface area (Å²) in [4.78, 5) is 9.58. The molecule has 2 aromatic heterocycles. The Kier molecular flexibility index (Phi) is 8.65. The van der Waals surface area contributed by atoms with Gasteiger partial charge >= 0.3 is 0 Å². The van der Waals surface area contributed by atoms with Gasteiger partial charge in [0.25, 0.3) is 0 Å². The minimum atomic E-state index is -3.16. The lowest BCUT2D eigenvalue weighted by molar-refractivity contribution is 0.602. The van der Waals surface area contributed by atoms with Crippen LogP contribution in [-0.2, 0) is 22.8 Å². The fourth-order valence-corrected chi connectivity index (χ4v) is 3.64. The van der Waals surface area contributed by atoms with Crippen LogP contribution in [-0.4, -0.2) is 43.1 Å². The second kappa shape index (κ2) is 10.8. The maximum absolute atomic E-state index is 11.5. The van der Waals surface area contributed by atoms with Crippen molar-refractivity contribution < 1.29 is 8.42 Å². The number of fused-ring (bicyclic) bond motifs is 1. The SMILES string of the molecule is CCNC(=NCc1cn2c(C)cccc2n1)NCCc1ccc(S(C)(=O)=O)cc1.I. The predicted molar refractivity (Wildman–Crippen MR) is 131 cm³/mol. The molecule has 2 N–H and O–H groups in total. The van der Waals surface area contributed by atoms with E-state index in [4.69, 9.17) is 0 Å². The Bertz CT molecular complexity index is 1110. The van der Waals surface area contributed by atoms with E-state index in [0.29, 0.717) is 18.0 Å². The van der Waals surface area contributed by atoms with Crippen molar-refractivity contribution in [1.29, 1.82) is 0 Å². The Balaban J connectivity index is 0.00000320. The van der Waals surface area contributed by atoms with E-state index >= 15 is 0 Å². The Morgan fingerprint density at radius 1 is 1.13 bits per heavy atom. The highest BCUT2D eigenvalue weighted by Crippen LogP contribution is 2.11. The molecule has 1 aromatic carbocycles. The number of imidazole rings is 1. The number of rotatable bonds is 7. The van der Waals surface area contributed by atoms with Gasteiger partial charge in [-0.2, -0.15) is 0 Å². The first kappa shape index (κ1) is 24.1. The first-order valence-electron chi connectivity index (χ1n) is 9.61. The van der Waals surface area contributed by atoms with Crippen molar-refractivity contribution in [3.05, 3.63) is 65.6 Å². The average molecular weight is 541 g/mol. The molecule has 30 heavy (non-hydrogen) atoms. The maximum Gasteiger partial charge on any atom is 0.191 e. The zero-order valence-corrected chi connectivity index (χ0v) is 20.6. The highest BCUT2D eigenvalue weighted by molar-refractivity contribution is 14.0. The van der Waals surface area contributed by atoms with Crippen LogP contribution in [0, 0.1) is 6.92 Å². The van der Waals surface area contributed by atoms with E-state index in [-0.39, 0.29) is 24.0 Å². The molecule has 9 heteroatoms. The molecular formula is C21H28IN5O2S. The number of halogens is 1. The monoisotopic (exact) mass is 541 g/mol. The zero-order valence-electron chi connectivity index (χ0n) is 17.4. The van der Waals surface area contributed by atoms with Gasteiger partial charge in [-0.1, -0.05) is 18.2 Å². The fourth-order valence-electron chi connectivity index (χ4n) is 3.01. The third kappa shape index (κ3) is 6.43. The van der Waals surface area contributed by atoms with Gasteiger partial charge in [0.2, 0.25) is 0 Å². The number of nitrogens with zero attached hydrogens (tertiary/aromatic N) is 3. The zero-order chi connectivity index (χ0) is 20.9. The molecule has 0 fully saturated rings. The summed E-state index contributed by atoms with van der Waals surface area (Å²) >= 11 is 0. The van der Waals surface area contributed by atoms with Gasteiger partial charge in [0.1, 0.15) is 5.65 Å². The normalized spacial score (nSPS) is 11.9. The van der Waals surface area contributed by atoms with Crippen LogP contribution in [0.25, 0.3) is 5.65 Å². The van der Waals surface area contributed by atoms with E-state index in [1.165, 1.54) is 6.26 Å². The summed E-state index contributed by atoms with van der Waals surface area (Å²) in [6.07, 6.45) is 4.00. The first-order valence-corrected chi connectivity index (χ1v) is 11.5. The largest absolute Gasteiger partial charge is 0.357 e. The minimum Gasteiger partial charge on any atom is -0.357 e. The Labute approximate surface area is 195 Å². The van der Waals surface area contributed by atoms with Crippen molar-refractivity contribution in [2.45, 2.75) is 31.7 Å². The standard InChI is InChI=1S/C21H27N5O2S.HI/c1-4-22-21(23-13-12-17-8-10-19(11-9-17)29(3,27)28)24-14-18-15-26-16(2)6-5-7-20(26)25-18;/h5-11,15H,4,12-14H2,1-3H3,(H2,22,23,24);1H. The Hall–Kier alpha value is -2.14. The van der Waals surface area contributed by atoms with E-state index in [9.17, 15) is 8.42 Å². The quantitative estimate of drug-likeness (QED) is 0.273. The second-order valence-electron chi connectivity index (χ2n) is 6.92. The third-order valence-corrected chi connectivity index (χ3v) is 5.68. The van der Waals surface area contributed by atoms with Crippen molar-refractivity contribution >= 4 is 45.4 Å². The van der Waals surface area contributed by atoms with Gasteiger partial charge in [-0.3, -0.25) is 0 Å². The molecular weight excluding hydrogens is 513 g/mol. The van der Waals surface area contributed by atoms with E-state index in [1.807, 2.05) is 37.4 Å². The summed E-state index contributed by atoms with van der Waals surface area (Å²) in [5, 5.41) is 6.55.